The predicted octanol–water partition coefficient (Wildman–Crippen LogP) is 4.19. The van der Waals surface area contributed by atoms with Crippen LogP contribution < -0.4 is 0 Å². The highest BCUT2D eigenvalue weighted by molar-refractivity contribution is 9.10. The average Bonchev–Trinajstić information content (AvgIpc) is 2.69. The molecule has 0 unspecified atom stereocenters. The van der Waals surface area contributed by atoms with Crippen molar-refractivity contribution >= 4 is 37.6 Å². The Morgan fingerprint density at radius 1 is 1.37 bits per heavy atom. The van der Waals surface area contributed by atoms with Crippen LogP contribution in [0.15, 0.2) is 33.3 Å². The van der Waals surface area contributed by atoms with E-state index < -0.39 is 5.82 Å². The van der Waals surface area contributed by atoms with Crippen molar-refractivity contribution in [1.29, 1.82) is 0 Å². The molecule has 3 nitrogen and oxygen atoms in total. The van der Waals surface area contributed by atoms with E-state index in [9.17, 15) is 9.18 Å². The number of ketones is 1. The summed E-state index contributed by atoms with van der Waals surface area (Å²) < 4.78 is 16.1. The van der Waals surface area contributed by atoms with Crippen LogP contribution in [0.5, 0.6) is 0 Å². The van der Waals surface area contributed by atoms with Gasteiger partial charge in [0.1, 0.15) is 11.5 Å². The van der Waals surface area contributed by atoms with Crippen LogP contribution >= 0.6 is 31.9 Å². The first-order valence-corrected chi connectivity index (χ1v) is 7.33. The number of aryl methyl sites for hydroxylation is 1. The Bertz CT molecular complexity index is 605. The highest BCUT2D eigenvalue weighted by atomic mass is 79.9. The van der Waals surface area contributed by atoms with E-state index in [2.05, 4.69) is 37.0 Å². The van der Waals surface area contributed by atoms with Gasteiger partial charge in [-0.3, -0.25) is 9.48 Å². The molecule has 0 amide bonds. The maximum absolute atomic E-state index is 13.4. The molecule has 0 atom stereocenters. The molecule has 1 aromatic carbocycles. The second-order valence-corrected chi connectivity index (χ2v) is 5.82. The van der Waals surface area contributed by atoms with Crippen molar-refractivity contribution in [2.45, 2.75) is 19.9 Å². The minimum Gasteiger partial charge on any atom is -0.287 e. The molecule has 0 bridgehead atoms. The predicted molar refractivity (Wildman–Crippen MR) is 77.8 cm³/mol. The summed E-state index contributed by atoms with van der Waals surface area (Å²) in [7, 11) is 0. The normalized spacial score (nSPS) is 10.7. The van der Waals surface area contributed by atoms with Crippen molar-refractivity contribution in [2.24, 2.45) is 0 Å². The van der Waals surface area contributed by atoms with Crippen LogP contribution in [0.2, 0.25) is 0 Å². The van der Waals surface area contributed by atoms with Crippen molar-refractivity contribution in [2.75, 3.05) is 0 Å². The zero-order valence-corrected chi connectivity index (χ0v) is 13.3. The van der Waals surface area contributed by atoms with Gasteiger partial charge < -0.3 is 0 Å². The fourth-order valence-corrected chi connectivity index (χ4v) is 2.73. The van der Waals surface area contributed by atoms with Crippen LogP contribution in [0, 0.1) is 5.82 Å². The monoisotopic (exact) mass is 388 g/mol. The molecule has 2 aromatic rings. The lowest BCUT2D eigenvalue weighted by atomic mass is 10.1. The summed E-state index contributed by atoms with van der Waals surface area (Å²) in [5.74, 6) is -0.701. The number of aromatic nitrogens is 2. The second kappa shape index (κ2) is 5.96. The highest BCUT2D eigenvalue weighted by Crippen LogP contribution is 2.23. The van der Waals surface area contributed by atoms with E-state index in [1.807, 2.05) is 6.92 Å². The first kappa shape index (κ1) is 14.4. The number of carbonyl (C=O) groups is 1. The lowest BCUT2D eigenvalue weighted by Crippen LogP contribution is -2.12. The van der Waals surface area contributed by atoms with Crippen molar-refractivity contribution in [3.8, 4) is 0 Å². The van der Waals surface area contributed by atoms with Gasteiger partial charge in [-0.1, -0.05) is 22.9 Å². The maximum Gasteiger partial charge on any atom is 0.212 e. The van der Waals surface area contributed by atoms with E-state index in [1.165, 1.54) is 12.1 Å². The van der Waals surface area contributed by atoms with Gasteiger partial charge in [0, 0.05) is 16.6 Å². The molecule has 6 heteroatoms. The standard InChI is InChI=1S/C13H11Br2FN2O/c1-2-3-18-12(11(15)7-17-18)13(19)8-4-9(14)6-10(16)5-8/h4-7H,2-3H2,1H3. The number of benzene rings is 1. The number of carbonyl (C=O) groups excluding carboxylic acids is 1. The third kappa shape index (κ3) is 3.12. The summed E-state index contributed by atoms with van der Waals surface area (Å²) in [4.78, 5) is 12.5. The van der Waals surface area contributed by atoms with Crippen molar-refractivity contribution in [1.82, 2.24) is 9.78 Å². The molecule has 0 aliphatic rings. The van der Waals surface area contributed by atoms with Crippen LogP contribution in [0.25, 0.3) is 0 Å². The number of nitrogens with zero attached hydrogens (tertiary/aromatic N) is 2. The molecular weight excluding hydrogens is 379 g/mol. The van der Waals surface area contributed by atoms with Crippen LogP contribution in [0.1, 0.15) is 29.4 Å². The first-order chi connectivity index (χ1) is 9.02. The molecule has 0 radical (unpaired) electrons. The number of rotatable bonds is 4. The molecule has 0 spiro atoms. The van der Waals surface area contributed by atoms with Gasteiger partial charge in [-0.2, -0.15) is 5.10 Å². The largest absolute Gasteiger partial charge is 0.287 e. The SMILES string of the molecule is CCCn1ncc(Br)c1C(=O)c1cc(F)cc(Br)c1. The smallest absolute Gasteiger partial charge is 0.212 e. The zero-order valence-electron chi connectivity index (χ0n) is 10.2. The van der Waals surface area contributed by atoms with Crippen LogP contribution in [0.3, 0.4) is 0 Å². The summed E-state index contributed by atoms with van der Waals surface area (Å²) in [5.41, 5.74) is 0.741. The van der Waals surface area contributed by atoms with Gasteiger partial charge in [0.2, 0.25) is 5.78 Å². The Labute approximate surface area is 127 Å². The number of hydrogen-bond acceptors (Lipinski definition) is 2. The molecule has 1 heterocycles. The number of hydrogen-bond donors (Lipinski definition) is 0. The van der Waals surface area contributed by atoms with E-state index >= 15 is 0 Å². The highest BCUT2D eigenvalue weighted by Gasteiger charge is 2.19. The van der Waals surface area contributed by atoms with Gasteiger partial charge in [-0.05, 0) is 40.5 Å². The molecule has 19 heavy (non-hydrogen) atoms. The third-order valence-corrected chi connectivity index (χ3v) is 3.61. The Kier molecular flexibility index (Phi) is 4.52. The van der Waals surface area contributed by atoms with Gasteiger partial charge >= 0.3 is 0 Å². The molecule has 0 N–H and O–H groups in total. The molecule has 100 valence electrons. The van der Waals surface area contributed by atoms with E-state index in [-0.39, 0.29) is 5.78 Å². The number of halogens is 3. The third-order valence-electron chi connectivity index (χ3n) is 2.57. The fraction of sp³-hybridized carbons (Fsp3) is 0.231. The lowest BCUT2D eigenvalue weighted by molar-refractivity contribution is 0.102. The molecule has 0 saturated heterocycles. The quantitative estimate of drug-likeness (QED) is 0.735. The van der Waals surface area contributed by atoms with Gasteiger partial charge in [0.25, 0.3) is 0 Å². The summed E-state index contributed by atoms with van der Waals surface area (Å²) in [5, 5.41) is 4.14. The Morgan fingerprint density at radius 3 is 2.74 bits per heavy atom. The van der Waals surface area contributed by atoms with Crippen LogP contribution in [0.4, 0.5) is 4.39 Å². The van der Waals surface area contributed by atoms with E-state index in [0.717, 1.165) is 6.42 Å². The van der Waals surface area contributed by atoms with Gasteiger partial charge in [-0.25, -0.2) is 4.39 Å². The molecule has 0 fully saturated rings. The average molecular weight is 390 g/mol. The Balaban J connectivity index is 2.46. The van der Waals surface area contributed by atoms with Crippen molar-refractivity contribution in [3.63, 3.8) is 0 Å². The van der Waals surface area contributed by atoms with Crippen molar-refractivity contribution < 1.29 is 9.18 Å². The minimum atomic E-state index is -0.449. The molecule has 1 aromatic heterocycles. The van der Waals surface area contributed by atoms with E-state index in [1.54, 1.807) is 16.9 Å². The molecule has 0 saturated carbocycles. The molecular formula is C13H11Br2FN2O. The van der Waals surface area contributed by atoms with Gasteiger partial charge in [0.05, 0.1) is 10.7 Å². The molecule has 2 rings (SSSR count). The molecule has 0 aliphatic heterocycles. The van der Waals surface area contributed by atoms with Crippen LogP contribution in [-0.2, 0) is 6.54 Å². The maximum atomic E-state index is 13.4. The minimum absolute atomic E-state index is 0.252. The molecule has 0 aliphatic carbocycles. The summed E-state index contributed by atoms with van der Waals surface area (Å²) in [6.45, 7) is 2.64. The first-order valence-electron chi connectivity index (χ1n) is 5.75. The lowest BCUT2D eigenvalue weighted by Gasteiger charge is -2.07. The van der Waals surface area contributed by atoms with E-state index in [0.29, 0.717) is 26.7 Å². The van der Waals surface area contributed by atoms with E-state index in [4.69, 9.17) is 0 Å². The summed E-state index contributed by atoms with van der Waals surface area (Å²) in [6.07, 6.45) is 2.44. The van der Waals surface area contributed by atoms with Crippen LogP contribution in [-0.4, -0.2) is 15.6 Å². The van der Waals surface area contributed by atoms with Crippen molar-refractivity contribution in [3.05, 3.63) is 50.4 Å². The zero-order chi connectivity index (χ0) is 14.0. The summed E-state index contributed by atoms with van der Waals surface area (Å²) >= 11 is 6.50. The Hall–Kier alpha value is -1.01. The topological polar surface area (TPSA) is 34.9 Å². The second-order valence-electron chi connectivity index (χ2n) is 4.05. The summed E-state index contributed by atoms with van der Waals surface area (Å²) in [6, 6.07) is 4.14. The van der Waals surface area contributed by atoms with Gasteiger partial charge in [0.15, 0.2) is 0 Å². The fourth-order valence-electron chi connectivity index (χ4n) is 1.79. The van der Waals surface area contributed by atoms with Gasteiger partial charge in [-0.15, -0.1) is 0 Å². The Morgan fingerprint density at radius 2 is 2.11 bits per heavy atom.